The highest BCUT2D eigenvalue weighted by Gasteiger charge is 2.14. The SMILES string of the molecule is CC(C)(C)c1cccc(OCC(=O)Cc2ccccc2)c1. The zero-order valence-corrected chi connectivity index (χ0v) is 12.9. The topological polar surface area (TPSA) is 26.3 Å². The van der Waals surface area contributed by atoms with Gasteiger partial charge in [-0.05, 0) is 28.7 Å². The molecule has 110 valence electrons. The first-order chi connectivity index (χ1) is 9.95. The Morgan fingerprint density at radius 1 is 1.00 bits per heavy atom. The highest BCUT2D eigenvalue weighted by Crippen LogP contribution is 2.25. The molecular formula is C19H22O2. The predicted octanol–water partition coefficient (Wildman–Crippen LogP) is 4.17. The van der Waals surface area contributed by atoms with E-state index in [9.17, 15) is 4.79 Å². The maximum absolute atomic E-state index is 11.9. The molecule has 0 unspecified atom stereocenters. The highest BCUT2D eigenvalue weighted by molar-refractivity contribution is 5.82. The van der Waals surface area contributed by atoms with Crippen molar-refractivity contribution in [2.75, 3.05) is 6.61 Å². The molecule has 0 heterocycles. The molecule has 0 aliphatic rings. The van der Waals surface area contributed by atoms with Crippen LogP contribution in [0.2, 0.25) is 0 Å². The Labute approximate surface area is 126 Å². The predicted molar refractivity (Wildman–Crippen MR) is 85.8 cm³/mol. The summed E-state index contributed by atoms with van der Waals surface area (Å²) in [4.78, 5) is 11.9. The molecule has 2 heteroatoms. The van der Waals surface area contributed by atoms with Crippen molar-refractivity contribution >= 4 is 5.78 Å². The molecular weight excluding hydrogens is 260 g/mol. The molecule has 0 aromatic heterocycles. The van der Waals surface area contributed by atoms with Gasteiger partial charge in [-0.15, -0.1) is 0 Å². The molecule has 0 saturated carbocycles. The van der Waals surface area contributed by atoms with Gasteiger partial charge in [-0.2, -0.15) is 0 Å². The van der Waals surface area contributed by atoms with Crippen molar-refractivity contribution in [2.24, 2.45) is 0 Å². The Morgan fingerprint density at radius 2 is 1.71 bits per heavy atom. The Bertz CT molecular complexity index is 594. The van der Waals surface area contributed by atoms with Crippen molar-refractivity contribution in [3.63, 3.8) is 0 Å². The van der Waals surface area contributed by atoms with Crippen molar-refractivity contribution in [1.29, 1.82) is 0 Å². The number of carbonyl (C=O) groups excluding carboxylic acids is 1. The van der Waals surface area contributed by atoms with Crippen molar-refractivity contribution < 1.29 is 9.53 Å². The van der Waals surface area contributed by atoms with Gasteiger partial charge in [0.1, 0.15) is 12.4 Å². The van der Waals surface area contributed by atoms with Crippen LogP contribution in [-0.4, -0.2) is 12.4 Å². The van der Waals surface area contributed by atoms with E-state index >= 15 is 0 Å². The summed E-state index contributed by atoms with van der Waals surface area (Å²) in [5.74, 6) is 0.839. The number of hydrogen-bond donors (Lipinski definition) is 0. The van der Waals surface area contributed by atoms with Crippen molar-refractivity contribution in [3.05, 3.63) is 65.7 Å². The van der Waals surface area contributed by atoms with E-state index in [-0.39, 0.29) is 17.8 Å². The van der Waals surface area contributed by atoms with Gasteiger partial charge >= 0.3 is 0 Å². The first-order valence-electron chi connectivity index (χ1n) is 7.24. The number of benzene rings is 2. The van der Waals surface area contributed by atoms with E-state index in [4.69, 9.17) is 4.74 Å². The van der Waals surface area contributed by atoms with E-state index in [0.717, 1.165) is 11.3 Å². The van der Waals surface area contributed by atoms with Crippen LogP contribution < -0.4 is 4.74 Å². The molecule has 0 aliphatic heterocycles. The van der Waals surface area contributed by atoms with Gasteiger partial charge in [0.2, 0.25) is 0 Å². The summed E-state index contributed by atoms with van der Waals surface area (Å²) in [5, 5.41) is 0. The van der Waals surface area contributed by atoms with Gasteiger partial charge in [-0.3, -0.25) is 4.79 Å². The second kappa shape index (κ2) is 6.57. The standard InChI is InChI=1S/C19H22O2/c1-19(2,3)16-10-7-11-18(13-16)21-14-17(20)12-15-8-5-4-6-9-15/h4-11,13H,12,14H2,1-3H3. The lowest BCUT2D eigenvalue weighted by Crippen LogP contribution is -2.15. The number of carbonyl (C=O) groups is 1. The maximum Gasteiger partial charge on any atom is 0.174 e. The van der Waals surface area contributed by atoms with Crippen molar-refractivity contribution in [1.82, 2.24) is 0 Å². The minimum Gasteiger partial charge on any atom is -0.486 e. The molecule has 0 amide bonds. The van der Waals surface area contributed by atoms with Gasteiger partial charge in [-0.25, -0.2) is 0 Å². The molecule has 21 heavy (non-hydrogen) atoms. The Kier molecular flexibility index (Phi) is 4.79. The lowest BCUT2D eigenvalue weighted by Gasteiger charge is -2.19. The monoisotopic (exact) mass is 282 g/mol. The maximum atomic E-state index is 11.9. The third kappa shape index (κ3) is 4.75. The fourth-order valence-corrected chi connectivity index (χ4v) is 2.09. The molecule has 0 N–H and O–H groups in total. The Hall–Kier alpha value is -2.09. The van der Waals surface area contributed by atoms with Crippen LogP contribution in [0.3, 0.4) is 0 Å². The van der Waals surface area contributed by atoms with Crippen LogP contribution in [0, 0.1) is 0 Å². The Balaban J connectivity index is 1.92. The first kappa shape index (κ1) is 15.3. The number of ketones is 1. The van der Waals surface area contributed by atoms with Gasteiger partial charge in [0.25, 0.3) is 0 Å². The molecule has 2 aromatic rings. The molecule has 0 atom stereocenters. The minimum absolute atomic E-state index is 0.0768. The second-order valence-electron chi connectivity index (χ2n) is 6.27. The van der Waals surface area contributed by atoms with Gasteiger partial charge in [0, 0.05) is 6.42 Å². The van der Waals surface area contributed by atoms with Crippen LogP contribution in [-0.2, 0) is 16.6 Å². The molecule has 2 rings (SSSR count). The normalized spacial score (nSPS) is 11.2. The summed E-state index contributed by atoms with van der Waals surface area (Å²) >= 11 is 0. The molecule has 2 aromatic carbocycles. The molecule has 0 fully saturated rings. The summed E-state index contributed by atoms with van der Waals surface area (Å²) in [6, 6.07) is 17.7. The first-order valence-corrected chi connectivity index (χ1v) is 7.24. The third-order valence-corrected chi connectivity index (χ3v) is 3.34. The largest absolute Gasteiger partial charge is 0.486 e. The molecule has 0 spiro atoms. The molecule has 0 radical (unpaired) electrons. The van der Waals surface area contributed by atoms with E-state index in [1.54, 1.807) is 0 Å². The summed E-state index contributed by atoms with van der Waals surface area (Å²) < 4.78 is 5.63. The summed E-state index contributed by atoms with van der Waals surface area (Å²) in [6.45, 7) is 6.59. The van der Waals surface area contributed by atoms with E-state index in [1.165, 1.54) is 5.56 Å². The number of Topliss-reactive ketones (excluding diaryl/α,β-unsaturated/α-hetero) is 1. The second-order valence-corrected chi connectivity index (χ2v) is 6.27. The van der Waals surface area contributed by atoms with Crippen LogP contribution in [0.5, 0.6) is 5.75 Å². The van der Waals surface area contributed by atoms with E-state index in [0.29, 0.717) is 6.42 Å². The average molecular weight is 282 g/mol. The van der Waals surface area contributed by atoms with Crippen molar-refractivity contribution in [3.8, 4) is 5.75 Å². The smallest absolute Gasteiger partial charge is 0.174 e. The van der Waals surface area contributed by atoms with Gasteiger partial charge in [0.15, 0.2) is 5.78 Å². The summed E-state index contributed by atoms with van der Waals surface area (Å²) in [7, 11) is 0. The Morgan fingerprint density at radius 3 is 2.38 bits per heavy atom. The fraction of sp³-hybridized carbons (Fsp3) is 0.316. The van der Waals surface area contributed by atoms with Crippen LogP contribution >= 0.6 is 0 Å². The lowest BCUT2D eigenvalue weighted by atomic mass is 9.87. The van der Waals surface area contributed by atoms with Gasteiger partial charge < -0.3 is 4.74 Å². The van der Waals surface area contributed by atoms with Crippen LogP contribution in [0.1, 0.15) is 31.9 Å². The van der Waals surface area contributed by atoms with Crippen LogP contribution in [0.4, 0.5) is 0 Å². The lowest BCUT2D eigenvalue weighted by molar-refractivity contribution is -0.120. The number of hydrogen-bond acceptors (Lipinski definition) is 2. The quantitative estimate of drug-likeness (QED) is 0.822. The van der Waals surface area contributed by atoms with Crippen LogP contribution in [0.25, 0.3) is 0 Å². The van der Waals surface area contributed by atoms with E-state index in [2.05, 4.69) is 26.8 Å². The summed E-state index contributed by atoms with van der Waals surface area (Å²) in [5.41, 5.74) is 2.30. The molecule has 0 saturated heterocycles. The third-order valence-electron chi connectivity index (χ3n) is 3.34. The fourth-order valence-electron chi connectivity index (χ4n) is 2.09. The molecule has 0 aliphatic carbocycles. The zero-order chi connectivity index (χ0) is 15.3. The molecule has 2 nitrogen and oxygen atoms in total. The summed E-state index contributed by atoms with van der Waals surface area (Å²) in [6.07, 6.45) is 0.416. The number of ether oxygens (including phenoxy) is 1. The highest BCUT2D eigenvalue weighted by atomic mass is 16.5. The van der Waals surface area contributed by atoms with E-state index in [1.807, 2.05) is 48.5 Å². The number of rotatable bonds is 5. The zero-order valence-electron chi connectivity index (χ0n) is 12.9. The van der Waals surface area contributed by atoms with Crippen LogP contribution in [0.15, 0.2) is 54.6 Å². The van der Waals surface area contributed by atoms with Crippen molar-refractivity contribution in [2.45, 2.75) is 32.6 Å². The molecule has 0 bridgehead atoms. The minimum atomic E-state index is 0.0768. The van der Waals surface area contributed by atoms with Gasteiger partial charge in [-0.1, -0.05) is 63.2 Å². The van der Waals surface area contributed by atoms with Gasteiger partial charge in [0.05, 0.1) is 0 Å². The average Bonchev–Trinajstić information content (AvgIpc) is 2.46. The van der Waals surface area contributed by atoms with E-state index < -0.39 is 0 Å².